The summed E-state index contributed by atoms with van der Waals surface area (Å²) in [5, 5.41) is 5.65. The molecule has 1 aliphatic heterocycles. The molecule has 0 spiro atoms. The zero-order chi connectivity index (χ0) is 17.2. The Hall–Kier alpha value is -2.12. The van der Waals surface area contributed by atoms with E-state index in [1.807, 2.05) is 20.8 Å². The molecule has 124 valence electrons. The molecule has 2 N–H and O–H groups in total. The molecule has 0 aliphatic carbocycles. The molecule has 0 radical (unpaired) electrons. The van der Waals surface area contributed by atoms with Gasteiger partial charge in [-0.05, 0) is 39.0 Å². The number of rotatable bonds is 2. The number of nitrogens with zero attached hydrogens (tertiary/aromatic N) is 2. The van der Waals surface area contributed by atoms with Crippen LogP contribution in [0.1, 0.15) is 20.8 Å². The van der Waals surface area contributed by atoms with Crippen molar-refractivity contribution in [3.63, 3.8) is 0 Å². The van der Waals surface area contributed by atoms with Gasteiger partial charge in [0, 0.05) is 17.8 Å². The molecule has 1 unspecified atom stereocenters. The quantitative estimate of drug-likeness (QED) is 0.867. The van der Waals surface area contributed by atoms with Crippen molar-refractivity contribution in [3.05, 3.63) is 29.3 Å². The molecule has 0 saturated heterocycles. The third-order valence-corrected chi connectivity index (χ3v) is 3.12. The standard InChI is InChI=1S/C15H19ClN4O3/c1-15(2,3)23-12-11(21)18-13(20(12)4)19-14(22)17-10-7-5-6-9(16)8-10/h5-8,12H,1-4H3,(H2,17,18,19,21,22). The smallest absolute Gasteiger partial charge is 0.326 e. The lowest BCUT2D eigenvalue weighted by Crippen LogP contribution is -2.48. The van der Waals surface area contributed by atoms with Crippen molar-refractivity contribution in [2.24, 2.45) is 4.99 Å². The molecule has 0 bridgehead atoms. The van der Waals surface area contributed by atoms with E-state index in [0.717, 1.165) is 0 Å². The maximum absolute atomic E-state index is 12.0. The number of hydrogen-bond acceptors (Lipinski definition) is 4. The highest BCUT2D eigenvalue weighted by molar-refractivity contribution is 6.30. The fourth-order valence-corrected chi connectivity index (χ4v) is 2.12. The molecule has 2 rings (SSSR count). The Labute approximate surface area is 139 Å². The maximum atomic E-state index is 12.0. The fraction of sp³-hybridized carbons (Fsp3) is 0.400. The van der Waals surface area contributed by atoms with Gasteiger partial charge in [-0.25, -0.2) is 4.79 Å². The third-order valence-electron chi connectivity index (χ3n) is 2.89. The van der Waals surface area contributed by atoms with Crippen LogP contribution in [-0.4, -0.2) is 41.7 Å². The third kappa shape index (κ3) is 4.67. The number of hydrogen-bond donors (Lipinski definition) is 2. The lowest BCUT2D eigenvalue weighted by atomic mass is 10.2. The van der Waals surface area contributed by atoms with Crippen LogP contribution in [-0.2, 0) is 9.53 Å². The second-order valence-corrected chi connectivity index (χ2v) is 6.49. The Morgan fingerprint density at radius 2 is 2.04 bits per heavy atom. The zero-order valence-corrected chi connectivity index (χ0v) is 14.1. The summed E-state index contributed by atoms with van der Waals surface area (Å²) in [7, 11) is 1.62. The summed E-state index contributed by atoms with van der Waals surface area (Å²) in [5.41, 5.74) is 0.0212. The van der Waals surface area contributed by atoms with Crippen molar-refractivity contribution < 1.29 is 14.3 Å². The van der Waals surface area contributed by atoms with Gasteiger partial charge in [0.05, 0.1) is 5.60 Å². The van der Waals surface area contributed by atoms with Crippen LogP contribution in [0.5, 0.6) is 0 Å². The molecule has 3 amide bonds. The van der Waals surface area contributed by atoms with Crippen LogP contribution in [0.25, 0.3) is 0 Å². The van der Waals surface area contributed by atoms with Gasteiger partial charge in [-0.3, -0.25) is 10.1 Å². The van der Waals surface area contributed by atoms with E-state index >= 15 is 0 Å². The molecule has 7 nitrogen and oxygen atoms in total. The van der Waals surface area contributed by atoms with E-state index < -0.39 is 23.8 Å². The number of ether oxygens (including phenoxy) is 1. The number of carbonyl (C=O) groups is 2. The fourth-order valence-electron chi connectivity index (χ4n) is 1.93. The summed E-state index contributed by atoms with van der Waals surface area (Å²) in [4.78, 5) is 29.2. The number of likely N-dealkylation sites (N-methyl/N-ethyl adjacent to an activating group) is 1. The first-order chi connectivity index (χ1) is 10.7. The van der Waals surface area contributed by atoms with E-state index in [2.05, 4.69) is 15.6 Å². The van der Waals surface area contributed by atoms with Crippen molar-refractivity contribution in [1.29, 1.82) is 0 Å². The van der Waals surface area contributed by atoms with E-state index in [0.29, 0.717) is 10.7 Å². The number of amides is 3. The molecule has 0 saturated carbocycles. The average Bonchev–Trinajstić information content (AvgIpc) is 2.65. The molecule has 0 fully saturated rings. The minimum Gasteiger partial charge on any atom is -0.343 e. The van der Waals surface area contributed by atoms with Gasteiger partial charge in [-0.15, -0.1) is 0 Å². The second-order valence-electron chi connectivity index (χ2n) is 6.06. The molecule has 1 heterocycles. The van der Waals surface area contributed by atoms with Gasteiger partial charge < -0.3 is 15.0 Å². The van der Waals surface area contributed by atoms with E-state index in [4.69, 9.17) is 16.3 Å². The minimum atomic E-state index is -0.850. The van der Waals surface area contributed by atoms with E-state index in [1.165, 1.54) is 4.90 Å². The number of carbonyl (C=O) groups excluding carboxylic acids is 2. The highest BCUT2D eigenvalue weighted by Crippen LogP contribution is 2.18. The van der Waals surface area contributed by atoms with Crippen LogP contribution >= 0.6 is 11.6 Å². The molecule has 1 atom stereocenters. The Kier molecular flexibility index (Phi) is 4.91. The number of benzene rings is 1. The van der Waals surface area contributed by atoms with Gasteiger partial charge in [0.1, 0.15) is 0 Å². The zero-order valence-electron chi connectivity index (χ0n) is 13.4. The van der Waals surface area contributed by atoms with Gasteiger partial charge >= 0.3 is 6.03 Å². The van der Waals surface area contributed by atoms with Gasteiger partial charge in [-0.2, -0.15) is 4.99 Å². The van der Waals surface area contributed by atoms with Gasteiger partial charge in [0.2, 0.25) is 12.2 Å². The van der Waals surface area contributed by atoms with E-state index in [9.17, 15) is 9.59 Å². The molecule has 1 aromatic rings. The maximum Gasteiger partial charge on any atom is 0.326 e. The van der Waals surface area contributed by atoms with Crippen LogP contribution < -0.4 is 10.6 Å². The number of aliphatic imine (C=N–C) groups is 1. The van der Waals surface area contributed by atoms with Crippen molar-refractivity contribution in [1.82, 2.24) is 10.2 Å². The SMILES string of the molecule is CN1C(NC(=O)Nc2cccc(Cl)c2)=NC(=O)C1OC(C)(C)C. The van der Waals surface area contributed by atoms with E-state index in [1.54, 1.807) is 31.3 Å². The molecule has 1 aromatic carbocycles. The monoisotopic (exact) mass is 338 g/mol. The number of urea groups is 1. The lowest BCUT2D eigenvalue weighted by Gasteiger charge is -2.28. The lowest BCUT2D eigenvalue weighted by molar-refractivity contribution is -0.148. The minimum absolute atomic E-state index is 0.128. The van der Waals surface area contributed by atoms with Crippen LogP contribution in [0.4, 0.5) is 10.5 Å². The average molecular weight is 339 g/mol. The predicted octanol–water partition coefficient (Wildman–Crippen LogP) is 2.43. The van der Waals surface area contributed by atoms with Gasteiger partial charge in [0.15, 0.2) is 0 Å². The van der Waals surface area contributed by atoms with Crippen LogP contribution in [0, 0.1) is 0 Å². The summed E-state index contributed by atoms with van der Waals surface area (Å²) in [6.07, 6.45) is -0.850. The Morgan fingerprint density at radius 1 is 1.35 bits per heavy atom. The highest BCUT2D eigenvalue weighted by Gasteiger charge is 2.37. The number of guanidine groups is 1. The first-order valence-electron chi connectivity index (χ1n) is 7.02. The first kappa shape index (κ1) is 17.2. The summed E-state index contributed by atoms with van der Waals surface area (Å²) < 4.78 is 5.64. The normalized spacial score (nSPS) is 18.0. The Morgan fingerprint density at radius 3 is 2.65 bits per heavy atom. The van der Waals surface area contributed by atoms with Gasteiger partial charge in [-0.1, -0.05) is 17.7 Å². The molecule has 8 heteroatoms. The second kappa shape index (κ2) is 6.55. The largest absolute Gasteiger partial charge is 0.343 e. The van der Waals surface area contributed by atoms with Crippen molar-refractivity contribution >= 4 is 35.2 Å². The van der Waals surface area contributed by atoms with Crippen LogP contribution in [0.15, 0.2) is 29.3 Å². The molecule has 1 aliphatic rings. The number of nitrogens with one attached hydrogen (secondary N) is 2. The van der Waals surface area contributed by atoms with Gasteiger partial charge in [0.25, 0.3) is 5.91 Å². The predicted molar refractivity (Wildman–Crippen MR) is 88.4 cm³/mol. The first-order valence-corrected chi connectivity index (χ1v) is 7.40. The molecular weight excluding hydrogens is 320 g/mol. The number of halogens is 1. The summed E-state index contributed by atoms with van der Waals surface area (Å²) >= 11 is 5.86. The van der Waals surface area contributed by atoms with Crippen molar-refractivity contribution in [3.8, 4) is 0 Å². The summed E-state index contributed by atoms with van der Waals surface area (Å²) in [6.45, 7) is 5.52. The topological polar surface area (TPSA) is 83.0 Å². The number of anilines is 1. The Bertz CT molecular complexity index is 654. The summed E-state index contributed by atoms with van der Waals surface area (Å²) in [5.74, 6) is -0.329. The van der Waals surface area contributed by atoms with E-state index in [-0.39, 0.29) is 5.96 Å². The van der Waals surface area contributed by atoms with Crippen molar-refractivity contribution in [2.45, 2.75) is 32.6 Å². The Balaban J connectivity index is 1.99. The van der Waals surface area contributed by atoms with Crippen molar-refractivity contribution in [2.75, 3.05) is 12.4 Å². The molecule has 23 heavy (non-hydrogen) atoms. The highest BCUT2D eigenvalue weighted by atomic mass is 35.5. The van der Waals surface area contributed by atoms with Crippen LogP contribution in [0.2, 0.25) is 5.02 Å². The molecular formula is C15H19ClN4O3. The summed E-state index contributed by atoms with van der Waals surface area (Å²) in [6, 6.07) is 6.20. The van der Waals surface area contributed by atoms with Crippen LogP contribution in [0.3, 0.4) is 0 Å². The molecule has 0 aromatic heterocycles.